The lowest BCUT2D eigenvalue weighted by Gasteiger charge is -2.06. The first kappa shape index (κ1) is 12.1. The fourth-order valence-corrected chi connectivity index (χ4v) is 1.79. The van der Waals surface area contributed by atoms with E-state index >= 15 is 0 Å². The Kier molecular flexibility index (Phi) is 3.30. The van der Waals surface area contributed by atoms with Gasteiger partial charge < -0.3 is 15.9 Å². The number of carboxylic acids is 1. The molecule has 0 aliphatic carbocycles. The van der Waals surface area contributed by atoms with E-state index in [2.05, 4.69) is 0 Å². The van der Waals surface area contributed by atoms with Crippen LogP contribution in [0, 0.1) is 0 Å². The van der Waals surface area contributed by atoms with Crippen LogP contribution >= 0.6 is 0 Å². The van der Waals surface area contributed by atoms with Gasteiger partial charge in [0, 0.05) is 5.69 Å². The van der Waals surface area contributed by atoms with Crippen molar-refractivity contribution in [2.24, 2.45) is 0 Å². The highest BCUT2D eigenvalue weighted by Crippen LogP contribution is 2.24. The molecule has 0 fully saturated rings. The molecule has 0 aliphatic heterocycles. The van der Waals surface area contributed by atoms with Gasteiger partial charge in [-0.15, -0.1) is 0 Å². The summed E-state index contributed by atoms with van der Waals surface area (Å²) in [7, 11) is 0. The van der Waals surface area contributed by atoms with Gasteiger partial charge in [-0.1, -0.05) is 18.2 Å². The minimum absolute atomic E-state index is 0.0536. The first-order valence-corrected chi connectivity index (χ1v) is 5.44. The molecule has 2 rings (SSSR count). The Morgan fingerprint density at radius 3 is 2.56 bits per heavy atom. The normalized spacial score (nSPS) is 10.3. The first-order chi connectivity index (χ1) is 8.60. The molecule has 0 saturated heterocycles. The van der Waals surface area contributed by atoms with E-state index in [9.17, 15) is 4.79 Å². The number of aromatic carboxylic acids is 1. The quantitative estimate of drug-likeness (QED) is 0.721. The number of carboxylic acid groups (broad SMARTS) is 1. The molecule has 92 valence electrons. The van der Waals surface area contributed by atoms with E-state index in [0.717, 1.165) is 16.7 Å². The van der Waals surface area contributed by atoms with Crippen LogP contribution in [0.2, 0.25) is 0 Å². The number of rotatable bonds is 3. The number of aliphatic hydroxyl groups is 1. The summed E-state index contributed by atoms with van der Waals surface area (Å²) in [6.45, 7) is -0.0536. The van der Waals surface area contributed by atoms with Crippen LogP contribution in [0.3, 0.4) is 0 Å². The standard InChI is InChI=1S/C14H13NO3/c15-13-6-11(5-12(7-13)14(17)18)10-3-1-2-9(4-10)8-16/h1-7,16H,8,15H2,(H,17,18). The first-order valence-electron chi connectivity index (χ1n) is 5.44. The van der Waals surface area contributed by atoms with Crippen molar-refractivity contribution < 1.29 is 15.0 Å². The maximum atomic E-state index is 11.0. The molecule has 18 heavy (non-hydrogen) atoms. The summed E-state index contributed by atoms with van der Waals surface area (Å²) in [4.78, 5) is 11.0. The summed E-state index contributed by atoms with van der Waals surface area (Å²) in [5, 5.41) is 18.1. The summed E-state index contributed by atoms with van der Waals surface area (Å²) >= 11 is 0. The second-order valence-corrected chi connectivity index (χ2v) is 4.01. The van der Waals surface area contributed by atoms with E-state index in [4.69, 9.17) is 15.9 Å². The second kappa shape index (κ2) is 4.89. The number of carbonyl (C=O) groups is 1. The Hall–Kier alpha value is -2.33. The predicted molar refractivity (Wildman–Crippen MR) is 69.2 cm³/mol. The van der Waals surface area contributed by atoms with Crippen molar-refractivity contribution in [1.29, 1.82) is 0 Å². The molecule has 0 aromatic heterocycles. The van der Waals surface area contributed by atoms with Crippen molar-refractivity contribution >= 4 is 11.7 Å². The predicted octanol–water partition coefficient (Wildman–Crippen LogP) is 2.13. The van der Waals surface area contributed by atoms with Gasteiger partial charge in [0.15, 0.2) is 0 Å². The zero-order valence-electron chi connectivity index (χ0n) is 9.63. The minimum Gasteiger partial charge on any atom is -0.478 e. The molecule has 2 aromatic carbocycles. The summed E-state index contributed by atoms with van der Waals surface area (Å²) in [6, 6.07) is 12.0. The third-order valence-electron chi connectivity index (χ3n) is 2.65. The Labute approximate surface area is 104 Å². The highest BCUT2D eigenvalue weighted by atomic mass is 16.4. The smallest absolute Gasteiger partial charge is 0.335 e. The topological polar surface area (TPSA) is 83.6 Å². The zero-order valence-corrected chi connectivity index (χ0v) is 9.63. The van der Waals surface area contributed by atoms with Gasteiger partial charge in [0.1, 0.15) is 0 Å². The molecule has 4 heteroatoms. The van der Waals surface area contributed by atoms with E-state index in [1.54, 1.807) is 24.3 Å². The van der Waals surface area contributed by atoms with E-state index in [1.807, 2.05) is 12.1 Å². The molecule has 0 saturated carbocycles. The van der Waals surface area contributed by atoms with Crippen LogP contribution in [-0.2, 0) is 6.61 Å². The molecule has 0 bridgehead atoms. The molecule has 4 nitrogen and oxygen atoms in total. The Balaban J connectivity index is 2.52. The Morgan fingerprint density at radius 1 is 1.11 bits per heavy atom. The Bertz CT molecular complexity index is 593. The van der Waals surface area contributed by atoms with Gasteiger partial charge >= 0.3 is 5.97 Å². The summed E-state index contributed by atoms with van der Waals surface area (Å²) in [6.07, 6.45) is 0. The van der Waals surface area contributed by atoms with E-state index in [-0.39, 0.29) is 12.2 Å². The lowest BCUT2D eigenvalue weighted by Crippen LogP contribution is -1.98. The number of aliphatic hydroxyl groups excluding tert-OH is 1. The molecule has 0 amide bonds. The molecule has 0 unspecified atom stereocenters. The van der Waals surface area contributed by atoms with Crippen molar-refractivity contribution in [2.45, 2.75) is 6.61 Å². The molecule has 0 spiro atoms. The molecule has 0 heterocycles. The van der Waals surface area contributed by atoms with Crippen LogP contribution in [-0.4, -0.2) is 16.2 Å². The van der Waals surface area contributed by atoms with Crippen molar-refractivity contribution in [1.82, 2.24) is 0 Å². The van der Waals surface area contributed by atoms with Gasteiger partial charge in [0.2, 0.25) is 0 Å². The molecule has 0 radical (unpaired) electrons. The molecule has 2 aromatic rings. The van der Waals surface area contributed by atoms with Crippen LogP contribution in [0.1, 0.15) is 15.9 Å². The van der Waals surface area contributed by atoms with Crippen LogP contribution in [0.5, 0.6) is 0 Å². The largest absolute Gasteiger partial charge is 0.478 e. The number of hydrogen-bond acceptors (Lipinski definition) is 3. The SMILES string of the molecule is Nc1cc(C(=O)O)cc(-c2cccc(CO)c2)c1. The average molecular weight is 243 g/mol. The molecule has 4 N–H and O–H groups in total. The number of anilines is 1. The highest BCUT2D eigenvalue weighted by Gasteiger charge is 2.07. The maximum Gasteiger partial charge on any atom is 0.335 e. The number of hydrogen-bond donors (Lipinski definition) is 3. The van der Waals surface area contributed by atoms with E-state index in [0.29, 0.717) is 5.69 Å². The summed E-state index contributed by atoms with van der Waals surface area (Å²) in [5.41, 5.74) is 8.57. The average Bonchev–Trinajstić information content (AvgIpc) is 2.38. The van der Waals surface area contributed by atoms with Gasteiger partial charge in [-0.2, -0.15) is 0 Å². The summed E-state index contributed by atoms with van der Waals surface area (Å²) < 4.78 is 0. The summed E-state index contributed by atoms with van der Waals surface area (Å²) in [5.74, 6) is -1.01. The van der Waals surface area contributed by atoms with E-state index < -0.39 is 5.97 Å². The van der Waals surface area contributed by atoms with Crippen molar-refractivity contribution in [3.8, 4) is 11.1 Å². The van der Waals surface area contributed by atoms with Crippen molar-refractivity contribution in [3.05, 3.63) is 53.6 Å². The van der Waals surface area contributed by atoms with Crippen LogP contribution in [0.25, 0.3) is 11.1 Å². The van der Waals surface area contributed by atoms with Crippen molar-refractivity contribution in [3.63, 3.8) is 0 Å². The lowest BCUT2D eigenvalue weighted by atomic mass is 10.0. The monoisotopic (exact) mass is 243 g/mol. The third-order valence-corrected chi connectivity index (χ3v) is 2.65. The Morgan fingerprint density at radius 2 is 1.89 bits per heavy atom. The molecule has 0 aliphatic rings. The van der Waals surface area contributed by atoms with E-state index in [1.165, 1.54) is 6.07 Å². The van der Waals surface area contributed by atoms with Gasteiger partial charge in [-0.05, 0) is 41.0 Å². The van der Waals surface area contributed by atoms with Gasteiger partial charge in [0.25, 0.3) is 0 Å². The minimum atomic E-state index is -1.01. The van der Waals surface area contributed by atoms with Crippen LogP contribution in [0.15, 0.2) is 42.5 Å². The van der Waals surface area contributed by atoms with Gasteiger partial charge in [-0.25, -0.2) is 4.79 Å². The number of nitrogen functional groups attached to an aromatic ring is 1. The van der Waals surface area contributed by atoms with Gasteiger partial charge in [-0.3, -0.25) is 0 Å². The third kappa shape index (κ3) is 2.49. The fraction of sp³-hybridized carbons (Fsp3) is 0.0714. The lowest BCUT2D eigenvalue weighted by molar-refractivity contribution is 0.0697. The highest BCUT2D eigenvalue weighted by molar-refractivity contribution is 5.91. The number of benzene rings is 2. The zero-order chi connectivity index (χ0) is 13.1. The van der Waals surface area contributed by atoms with Gasteiger partial charge in [0.05, 0.1) is 12.2 Å². The fourth-order valence-electron chi connectivity index (χ4n) is 1.79. The molecular formula is C14H13NO3. The van der Waals surface area contributed by atoms with Crippen LogP contribution < -0.4 is 5.73 Å². The van der Waals surface area contributed by atoms with Crippen LogP contribution in [0.4, 0.5) is 5.69 Å². The maximum absolute atomic E-state index is 11.0. The molecular weight excluding hydrogens is 230 g/mol. The van der Waals surface area contributed by atoms with Crippen molar-refractivity contribution in [2.75, 3.05) is 5.73 Å². The molecule has 0 atom stereocenters. The second-order valence-electron chi connectivity index (χ2n) is 4.01. The number of nitrogens with two attached hydrogens (primary N) is 1.